The number of amidine groups is 1. The SMILES string of the molecule is Cc1ncsc1-c1ccc(C2(C)N=C(C3CCCN3)NC2=O)cc1. The van der Waals surface area contributed by atoms with Crippen molar-refractivity contribution in [3.05, 3.63) is 41.0 Å². The van der Waals surface area contributed by atoms with E-state index in [2.05, 4.69) is 27.8 Å². The van der Waals surface area contributed by atoms with E-state index in [1.165, 1.54) is 4.88 Å². The van der Waals surface area contributed by atoms with Crippen LogP contribution >= 0.6 is 11.3 Å². The summed E-state index contributed by atoms with van der Waals surface area (Å²) in [5.41, 5.74) is 4.09. The highest BCUT2D eigenvalue weighted by molar-refractivity contribution is 7.13. The Morgan fingerprint density at radius 2 is 2.08 bits per heavy atom. The van der Waals surface area contributed by atoms with Crippen LogP contribution in [0, 0.1) is 6.92 Å². The molecule has 124 valence electrons. The second kappa shape index (κ2) is 5.79. The van der Waals surface area contributed by atoms with Gasteiger partial charge in [0, 0.05) is 0 Å². The molecule has 0 aliphatic carbocycles. The summed E-state index contributed by atoms with van der Waals surface area (Å²) in [6.07, 6.45) is 2.15. The third kappa shape index (κ3) is 2.46. The van der Waals surface area contributed by atoms with Gasteiger partial charge in [-0.3, -0.25) is 4.79 Å². The minimum Gasteiger partial charge on any atom is -0.311 e. The summed E-state index contributed by atoms with van der Waals surface area (Å²) in [7, 11) is 0. The minimum absolute atomic E-state index is 0.0482. The number of hydrogen-bond donors (Lipinski definition) is 2. The van der Waals surface area contributed by atoms with Gasteiger partial charge in [-0.25, -0.2) is 9.98 Å². The van der Waals surface area contributed by atoms with Crippen LogP contribution in [-0.4, -0.2) is 29.3 Å². The summed E-state index contributed by atoms with van der Waals surface area (Å²) < 4.78 is 0. The molecule has 2 aliphatic heterocycles. The average molecular weight is 340 g/mol. The molecule has 2 aliphatic rings. The molecule has 1 aromatic heterocycles. The molecule has 2 atom stereocenters. The standard InChI is InChI=1S/C18H20N4OS/c1-11-15(24-10-20-11)12-5-7-13(8-6-12)18(2)17(23)21-16(22-18)14-4-3-9-19-14/h5-8,10,14,19H,3-4,9H2,1-2H3,(H,21,22,23). The highest BCUT2D eigenvalue weighted by Crippen LogP contribution is 2.33. The van der Waals surface area contributed by atoms with Crippen LogP contribution in [0.4, 0.5) is 0 Å². The van der Waals surface area contributed by atoms with Gasteiger partial charge in [0.05, 0.1) is 22.1 Å². The van der Waals surface area contributed by atoms with Gasteiger partial charge < -0.3 is 10.6 Å². The molecule has 24 heavy (non-hydrogen) atoms. The number of aromatic nitrogens is 1. The summed E-state index contributed by atoms with van der Waals surface area (Å²) in [5.74, 6) is 0.732. The topological polar surface area (TPSA) is 66.4 Å². The van der Waals surface area contributed by atoms with E-state index in [9.17, 15) is 4.79 Å². The fraction of sp³-hybridized carbons (Fsp3) is 0.389. The molecule has 2 unspecified atom stereocenters. The van der Waals surface area contributed by atoms with Crippen LogP contribution in [0.1, 0.15) is 31.0 Å². The predicted octanol–water partition coefficient (Wildman–Crippen LogP) is 2.61. The van der Waals surface area contributed by atoms with Crippen molar-refractivity contribution in [1.82, 2.24) is 15.6 Å². The normalized spacial score (nSPS) is 26.5. The van der Waals surface area contributed by atoms with Gasteiger partial charge in [-0.05, 0) is 44.4 Å². The van der Waals surface area contributed by atoms with E-state index < -0.39 is 5.54 Å². The Balaban J connectivity index is 1.65. The molecular formula is C18H20N4OS. The van der Waals surface area contributed by atoms with Crippen molar-refractivity contribution >= 4 is 23.1 Å². The second-order valence-electron chi connectivity index (χ2n) is 6.52. The Labute approximate surface area is 145 Å². The Morgan fingerprint density at radius 3 is 2.71 bits per heavy atom. The van der Waals surface area contributed by atoms with Gasteiger partial charge in [-0.15, -0.1) is 11.3 Å². The molecular weight excluding hydrogens is 320 g/mol. The van der Waals surface area contributed by atoms with Gasteiger partial charge in [-0.1, -0.05) is 24.3 Å². The third-order valence-electron chi connectivity index (χ3n) is 4.87. The molecule has 1 fully saturated rings. The van der Waals surface area contributed by atoms with Gasteiger partial charge >= 0.3 is 0 Å². The lowest BCUT2D eigenvalue weighted by atomic mass is 9.91. The number of carbonyl (C=O) groups excluding carboxylic acids is 1. The highest BCUT2D eigenvalue weighted by Gasteiger charge is 2.42. The van der Waals surface area contributed by atoms with Crippen molar-refractivity contribution in [3.8, 4) is 10.4 Å². The molecule has 1 aromatic carbocycles. The number of benzene rings is 1. The fourth-order valence-electron chi connectivity index (χ4n) is 3.36. The van der Waals surface area contributed by atoms with Crippen LogP contribution in [0.25, 0.3) is 10.4 Å². The van der Waals surface area contributed by atoms with Crippen molar-refractivity contribution in [3.63, 3.8) is 0 Å². The Kier molecular flexibility index (Phi) is 3.73. The van der Waals surface area contributed by atoms with Gasteiger partial charge in [0.1, 0.15) is 5.84 Å². The van der Waals surface area contributed by atoms with Crippen molar-refractivity contribution in [2.24, 2.45) is 4.99 Å². The summed E-state index contributed by atoms with van der Waals surface area (Å²) in [4.78, 5) is 22.8. The maximum atomic E-state index is 12.6. The zero-order valence-corrected chi connectivity index (χ0v) is 14.6. The molecule has 1 saturated heterocycles. The van der Waals surface area contributed by atoms with Gasteiger partial charge in [0.2, 0.25) is 0 Å². The van der Waals surface area contributed by atoms with Crippen LogP contribution in [0.3, 0.4) is 0 Å². The first-order valence-corrected chi connectivity index (χ1v) is 9.11. The van der Waals surface area contributed by atoms with Crippen molar-refractivity contribution in [1.29, 1.82) is 0 Å². The molecule has 5 nitrogen and oxygen atoms in total. The maximum Gasteiger partial charge on any atom is 0.257 e. The second-order valence-corrected chi connectivity index (χ2v) is 7.37. The van der Waals surface area contributed by atoms with Gasteiger partial charge in [-0.2, -0.15) is 0 Å². The number of amides is 1. The Bertz CT molecular complexity index is 805. The lowest BCUT2D eigenvalue weighted by Crippen LogP contribution is -2.41. The summed E-state index contributed by atoms with van der Waals surface area (Å²) >= 11 is 1.63. The number of thiazole rings is 1. The molecule has 1 amide bonds. The van der Waals surface area contributed by atoms with E-state index in [1.54, 1.807) is 11.3 Å². The van der Waals surface area contributed by atoms with E-state index in [0.717, 1.165) is 42.0 Å². The molecule has 6 heteroatoms. The van der Waals surface area contributed by atoms with Crippen LogP contribution in [0.5, 0.6) is 0 Å². The van der Waals surface area contributed by atoms with Crippen LogP contribution in [0.2, 0.25) is 0 Å². The van der Waals surface area contributed by atoms with E-state index in [1.807, 2.05) is 31.5 Å². The lowest BCUT2D eigenvalue weighted by molar-refractivity contribution is -0.123. The average Bonchev–Trinajstić information content (AvgIpc) is 3.30. The highest BCUT2D eigenvalue weighted by atomic mass is 32.1. The van der Waals surface area contributed by atoms with E-state index in [4.69, 9.17) is 4.99 Å². The summed E-state index contributed by atoms with van der Waals surface area (Å²) in [6, 6.07) is 8.28. The summed E-state index contributed by atoms with van der Waals surface area (Å²) in [6.45, 7) is 4.88. The van der Waals surface area contributed by atoms with Crippen molar-refractivity contribution in [2.45, 2.75) is 38.3 Å². The van der Waals surface area contributed by atoms with Crippen molar-refractivity contribution in [2.75, 3.05) is 6.54 Å². The molecule has 4 rings (SSSR count). The Morgan fingerprint density at radius 1 is 1.29 bits per heavy atom. The Hall–Kier alpha value is -2.05. The fourth-order valence-corrected chi connectivity index (χ4v) is 4.17. The third-order valence-corrected chi connectivity index (χ3v) is 5.85. The molecule has 3 heterocycles. The molecule has 2 N–H and O–H groups in total. The molecule has 0 bridgehead atoms. The van der Waals surface area contributed by atoms with Crippen molar-refractivity contribution < 1.29 is 4.79 Å². The lowest BCUT2D eigenvalue weighted by Gasteiger charge is -2.18. The first-order valence-electron chi connectivity index (χ1n) is 8.23. The molecule has 0 saturated carbocycles. The van der Waals surface area contributed by atoms with Crippen LogP contribution < -0.4 is 10.6 Å². The summed E-state index contributed by atoms with van der Waals surface area (Å²) in [5, 5.41) is 6.37. The van der Waals surface area contributed by atoms with Gasteiger partial charge in [0.25, 0.3) is 5.91 Å². The zero-order valence-electron chi connectivity index (χ0n) is 13.8. The largest absolute Gasteiger partial charge is 0.311 e. The number of carbonyl (C=O) groups is 1. The predicted molar refractivity (Wildman–Crippen MR) is 96.2 cm³/mol. The van der Waals surface area contributed by atoms with Gasteiger partial charge in [0.15, 0.2) is 5.54 Å². The molecule has 2 aromatic rings. The molecule has 0 spiro atoms. The quantitative estimate of drug-likeness (QED) is 0.903. The number of nitrogens with zero attached hydrogens (tertiary/aromatic N) is 2. The van der Waals surface area contributed by atoms with E-state index in [-0.39, 0.29) is 11.9 Å². The molecule has 0 radical (unpaired) electrons. The number of aryl methyl sites for hydroxylation is 1. The first-order chi connectivity index (χ1) is 11.6. The number of rotatable bonds is 3. The number of hydrogen-bond acceptors (Lipinski definition) is 5. The monoisotopic (exact) mass is 340 g/mol. The smallest absolute Gasteiger partial charge is 0.257 e. The van der Waals surface area contributed by atoms with E-state index >= 15 is 0 Å². The zero-order chi connectivity index (χ0) is 16.7. The van der Waals surface area contributed by atoms with Crippen LogP contribution in [0.15, 0.2) is 34.8 Å². The van der Waals surface area contributed by atoms with E-state index in [0.29, 0.717) is 0 Å². The van der Waals surface area contributed by atoms with Crippen LogP contribution in [-0.2, 0) is 10.3 Å². The number of aliphatic imine (C=N–C) groups is 1. The number of nitrogens with one attached hydrogen (secondary N) is 2. The maximum absolute atomic E-state index is 12.6. The first kappa shape index (κ1) is 15.5. The minimum atomic E-state index is -0.846.